The maximum Gasteiger partial charge on any atom is 0.426 e. The van der Waals surface area contributed by atoms with Crippen molar-refractivity contribution in [1.29, 1.82) is 0 Å². The molecule has 0 saturated heterocycles. The van der Waals surface area contributed by atoms with Crippen molar-refractivity contribution in [2.75, 3.05) is 13.7 Å². The Morgan fingerprint density at radius 1 is 1.30 bits per heavy atom. The third-order valence-corrected chi connectivity index (χ3v) is 5.83. The van der Waals surface area contributed by atoms with Crippen LogP contribution in [0.25, 0.3) is 6.08 Å². The van der Waals surface area contributed by atoms with Gasteiger partial charge >= 0.3 is 5.91 Å². The summed E-state index contributed by atoms with van der Waals surface area (Å²) < 4.78 is 6.79. The molecular weight excluding hydrogens is 360 g/mol. The molecular formula is C21H21N2O3S+. The number of nitrogens with zero attached hydrogens (tertiary/aromatic N) is 1. The Hall–Kier alpha value is -2.60. The Morgan fingerprint density at radius 2 is 2.07 bits per heavy atom. The summed E-state index contributed by atoms with van der Waals surface area (Å²) in [4.78, 5) is 26.0. The summed E-state index contributed by atoms with van der Waals surface area (Å²) in [6.07, 6.45) is 11.8. The highest BCUT2D eigenvalue weighted by Crippen LogP contribution is 2.33. The van der Waals surface area contributed by atoms with E-state index in [4.69, 9.17) is 4.74 Å². The van der Waals surface area contributed by atoms with Crippen molar-refractivity contribution in [3.05, 3.63) is 59.0 Å². The summed E-state index contributed by atoms with van der Waals surface area (Å²) in [5.41, 5.74) is 1.79. The van der Waals surface area contributed by atoms with Crippen molar-refractivity contribution in [1.82, 2.24) is 5.32 Å². The van der Waals surface area contributed by atoms with Crippen molar-refractivity contribution in [2.45, 2.75) is 24.1 Å². The second-order valence-electron chi connectivity index (χ2n) is 6.72. The van der Waals surface area contributed by atoms with Crippen molar-refractivity contribution in [3.8, 4) is 5.75 Å². The fourth-order valence-electron chi connectivity index (χ4n) is 3.05. The number of allylic oxidation sites excluding steroid dienone is 3. The van der Waals surface area contributed by atoms with E-state index >= 15 is 0 Å². The van der Waals surface area contributed by atoms with Crippen molar-refractivity contribution < 1.29 is 18.9 Å². The van der Waals surface area contributed by atoms with Gasteiger partial charge in [0.2, 0.25) is 12.3 Å². The number of carbonyl (C=O) groups is 2. The van der Waals surface area contributed by atoms with E-state index in [2.05, 4.69) is 11.4 Å². The van der Waals surface area contributed by atoms with Gasteiger partial charge in [-0.05, 0) is 36.6 Å². The number of benzene rings is 1. The molecule has 0 spiro atoms. The van der Waals surface area contributed by atoms with Crippen LogP contribution in [0.2, 0.25) is 0 Å². The quantitative estimate of drug-likeness (QED) is 0.629. The number of ether oxygens (including phenoxy) is 1. The molecule has 1 saturated carbocycles. The van der Waals surface area contributed by atoms with Gasteiger partial charge in [-0.15, -0.1) is 4.58 Å². The van der Waals surface area contributed by atoms with Gasteiger partial charge in [0, 0.05) is 12.1 Å². The van der Waals surface area contributed by atoms with Gasteiger partial charge in [-0.3, -0.25) is 4.79 Å². The van der Waals surface area contributed by atoms with Gasteiger partial charge in [0.1, 0.15) is 15.9 Å². The lowest BCUT2D eigenvalue weighted by molar-refractivity contribution is -0.434. The molecule has 1 heterocycles. The number of amides is 2. The molecule has 6 heteroatoms. The highest BCUT2D eigenvalue weighted by molar-refractivity contribution is 8.05. The molecule has 1 atom stereocenters. The Kier molecular flexibility index (Phi) is 4.99. The molecule has 4 rings (SSSR count). The topological polar surface area (TPSA) is 58.4 Å². The second-order valence-corrected chi connectivity index (χ2v) is 7.91. The Balaban J connectivity index is 1.62. The highest BCUT2D eigenvalue weighted by Gasteiger charge is 2.40. The molecule has 2 aliphatic carbocycles. The molecule has 1 aromatic rings. The van der Waals surface area contributed by atoms with Crippen LogP contribution in [-0.4, -0.2) is 47.0 Å². The average molecular weight is 381 g/mol. The fraction of sp³-hybridized carbons (Fsp3) is 0.286. The Bertz CT molecular complexity index is 893. The normalized spacial score (nSPS) is 22.8. The lowest BCUT2D eigenvalue weighted by Gasteiger charge is -2.20. The zero-order valence-corrected chi connectivity index (χ0v) is 15.9. The van der Waals surface area contributed by atoms with Crippen LogP contribution in [0.1, 0.15) is 18.4 Å². The van der Waals surface area contributed by atoms with Crippen molar-refractivity contribution >= 4 is 35.4 Å². The molecule has 1 aliphatic heterocycles. The number of nitrogens with one attached hydrogen (secondary N) is 1. The van der Waals surface area contributed by atoms with E-state index < -0.39 is 0 Å². The zero-order chi connectivity index (χ0) is 18.8. The fourth-order valence-corrected chi connectivity index (χ4v) is 4.23. The molecule has 3 aliphatic rings. The first-order valence-electron chi connectivity index (χ1n) is 8.99. The Morgan fingerprint density at radius 3 is 2.78 bits per heavy atom. The number of fused-ring (bicyclic) bond motifs is 1. The van der Waals surface area contributed by atoms with Gasteiger partial charge in [0.15, 0.2) is 0 Å². The largest absolute Gasteiger partial charge is 0.497 e. The number of rotatable bonds is 5. The van der Waals surface area contributed by atoms with Gasteiger partial charge in [-0.1, -0.05) is 42.1 Å². The van der Waals surface area contributed by atoms with Crippen LogP contribution >= 0.6 is 11.8 Å². The standard InChI is InChI=1S/C21H20N2O3S/c1-26-16-10-6-14(7-11-16)12-19-21(25)23(13-20(24)22-15-8-9-15)17-4-2-3-5-18(17)27-19/h2-7,10-12,15,18H,8-9,13H2,1H3/p+1/b19-12-. The smallest absolute Gasteiger partial charge is 0.426 e. The number of carbonyl (C=O) groups excluding carboxylic acids is 2. The van der Waals surface area contributed by atoms with E-state index in [1.165, 1.54) is 11.8 Å². The minimum Gasteiger partial charge on any atom is -0.497 e. The van der Waals surface area contributed by atoms with E-state index in [-0.39, 0.29) is 29.7 Å². The molecule has 0 aromatic heterocycles. The maximum absolute atomic E-state index is 13.1. The first-order chi connectivity index (χ1) is 13.1. The molecule has 2 amide bonds. The van der Waals surface area contributed by atoms with Gasteiger partial charge < -0.3 is 10.1 Å². The predicted molar refractivity (Wildman–Crippen MR) is 107 cm³/mol. The summed E-state index contributed by atoms with van der Waals surface area (Å²) >= 11 is 1.52. The van der Waals surface area contributed by atoms with E-state index in [1.54, 1.807) is 11.7 Å². The van der Waals surface area contributed by atoms with Crippen LogP contribution in [0, 0.1) is 0 Å². The zero-order valence-electron chi connectivity index (χ0n) is 15.1. The number of methoxy groups -OCH3 is 1. The van der Waals surface area contributed by atoms with Gasteiger partial charge in [0.25, 0.3) is 5.91 Å². The summed E-state index contributed by atoms with van der Waals surface area (Å²) in [6.45, 7) is 0.0554. The Labute approximate surface area is 162 Å². The summed E-state index contributed by atoms with van der Waals surface area (Å²) in [5, 5.41) is 3.00. The lowest BCUT2D eigenvalue weighted by atomic mass is 10.1. The van der Waals surface area contributed by atoms with Crippen molar-refractivity contribution in [3.63, 3.8) is 0 Å². The van der Waals surface area contributed by atoms with Gasteiger partial charge in [0.05, 0.1) is 7.11 Å². The second kappa shape index (κ2) is 7.56. The minimum absolute atomic E-state index is 0.0333. The number of thioether (sulfide) groups is 1. The van der Waals surface area contributed by atoms with E-state index in [1.807, 2.05) is 48.6 Å². The number of hydrogen-bond acceptors (Lipinski definition) is 4. The molecule has 0 radical (unpaired) electrons. The van der Waals surface area contributed by atoms with Gasteiger partial charge in [-0.2, -0.15) is 0 Å². The first-order valence-corrected chi connectivity index (χ1v) is 9.87. The van der Waals surface area contributed by atoms with Crippen LogP contribution < -0.4 is 10.1 Å². The van der Waals surface area contributed by atoms with Crippen LogP contribution in [-0.2, 0) is 9.59 Å². The maximum atomic E-state index is 13.1. The first kappa shape index (κ1) is 17.8. The molecule has 1 unspecified atom stereocenters. The SMILES string of the molecule is COc1ccc(/C=C2\SC3C=CC=CC3=[N+](CC(=O)NC3CC3)C2=O)cc1. The summed E-state index contributed by atoms with van der Waals surface area (Å²) in [6, 6.07) is 7.85. The highest BCUT2D eigenvalue weighted by atomic mass is 32.2. The molecule has 1 aromatic carbocycles. The van der Waals surface area contributed by atoms with Crippen LogP contribution in [0.4, 0.5) is 0 Å². The van der Waals surface area contributed by atoms with Crippen LogP contribution in [0.15, 0.2) is 53.5 Å². The average Bonchev–Trinajstić information content (AvgIpc) is 3.49. The third-order valence-electron chi connectivity index (χ3n) is 4.63. The molecule has 1 N–H and O–H groups in total. The molecule has 138 valence electrons. The molecule has 27 heavy (non-hydrogen) atoms. The van der Waals surface area contributed by atoms with Gasteiger partial charge in [-0.25, -0.2) is 4.79 Å². The monoisotopic (exact) mass is 381 g/mol. The third kappa shape index (κ3) is 4.06. The molecule has 5 nitrogen and oxygen atoms in total. The number of hydrogen-bond donors (Lipinski definition) is 1. The summed E-state index contributed by atoms with van der Waals surface area (Å²) in [7, 11) is 1.62. The molecule has 0 bridgehead atoms. The molecule has 1 fully saturated rings. The van der Waals surface area contributed by atoms with E-state index in [0.717, 1.165) is 29.9 Å². The van der Waals surface area contributed by atoms with E-state index in [0.29, 0.717) is 4.91 Å². The van der Waals surface area contributed by atoms with Crippen LogP contribution in [0.3, 0.4) is 0 Å². The summed E-state index contributed by atoms with van der Waals surface area (Å²) in [5.74, 6) is 0.540. The minimum atomic E-state index is -0.132. The van der Waals surface area contributed by atoms with E-state index in [9.17, 15) is 9.59 Å². The van der Waals surface area contributed by atoms with Crippen molar-refractivity contribution in [2.24, 2.45) is 0 Å². The lowest BCUT2D eigenvalue weighted by Crippen LogP contribution is -2.43. The van der Waals surface area contributed by atoms with Crippen LogP contribution in [0.5, 0.6) is 5.75 Å². The predicted octanol–water partition coefficient (Wildman–Crippen LogP) is 2.54.